The van der Waals surface area contributed by atoms with Crippen molar-refractivity contribution in [3.05, 3.63) is 41.0 Å². The molecule has 2 heterocycles. The van der Waals surface area contributed by atoms with Crippen molar-refractivity contribution in [2.24, 2.45) is 0 Å². The van der Waals surface area contributed by atoms with E-state index in [0.29, 0.717) is 5.88 Å². The van der Waals surface area contributed by atoms with Gasteiger partial charge in [-0.1, -0.05) is 0 Å². The number of hydrogen-bond acceptors (Lipinski definition) is 2. The molecule has 0 radical (unpaired) electrons. The summed E-state index contributed by atoms with van der Waals surface area (Å²) in [6.07, 6.45) is 3.68. The van der Waals surface area contributed by atoms with Crippen LogP contribution in [-0.4, -0.2) is 4.98 Å². The van der Waals surface area contributed by atoms with Gasteiger partial charge in [-0.05, 0) is 30.7 Å². The number of alkyl halides is 1. The Labute approximate surface area is 92.4 Å². The van der Waals surface area contributed by atoms with Crippen LogP contribution in [-0.2, 0) is 5.88 Å². The molecule has 0 bridgehead atoms. The highest BCUT2D eigenvalue weighted by Gasteiger charge is 2.01. The normalized spacial score (nSPS) is 10.4. The summed E-state index contributed by atoms with van der Waals surface area (Å²) in [5.41, 5.74) is 2.22. The first-order valence-corrected chi connectivity index (χ1v) is 5.71. The van der Waals surface area contributed by atoms with E-state index in [9.17, 15) is 0 Å². The molecule has 0 aromatic carbocycles. The average Bonchev–Trinajstić information content (AvgIpc) is 2.65. The molecule has 1 nitrogen and oxygen atoms in total. The monoisotopic (exact) mass is 223 g/mol. The first-order chi connectivity index (χ1) is 6.79. The van der Waals surface area contributed by atoms with Gasteiger partial charge in [0.1, 0.15) is 0 Å². The summed E-state index contributed by atoms with van der Waals surface area (Å²) < 4.78 is 0. The molecule has 3 heteroatoms. The lowest BCUT2D eigenvalue weighted by Crippen LogP contribution is -1.82. The standard InChI is InChI=1S/C11H10ClNS/c1-8-2-3-11(14-8)10-4-9(5-12)6-13-7-10/h2-4,6-7H,5H2,1H3. The lowest BCUT2D eigenvalue weighted by molar-refractivity contribution is 1.25. The zero-order valence-electron chi connectivity index (χ0n) is 7.83. The second kappa shape index (κ2) is 4.11. The Morgan fingerprint density at radius 1 is 1.36 bits per heavy atom. The molecule has 2 rings (SSSR count). The molecule has 0 aliphatic heterocycles. The van der Waals surface area contributed by atoms with E-state index in [-0.39, 0.29) is 0 Å². The summed E-state index contributed by atoms with van der Waals surface area (Å²) in [4.78, 5) is 6.73. The van der Waals surface area contributed by atoms with Gasteiger partial charge < -0.3 is 0 Å². The molecule has 0 N–H and O–H groups in total. The number of nitrogens with zero attached hydrogens (tertiary/aromatic N) is 1. The van der Waals surface area contributed by atoms with Crippen LogP contribution in [0.25, 0.3) is 10.4 Å². The van der Waals surface area contributed by atoms with Crippen LogP contribution in [0.5, 0.6) is 0 Å². The summed E-state index contributed by atoms with van der Waals surface area (Å²) in [5, 5.41) is 0. The molecule has 0 unspecified atom stereocenters. The quantitative estimate of drug-likeness (QED) is 0.705. The highest BCUT2D eigenvalue weighted by Crippen LogP contribution is 2.27. The zero-order valence-corrected chi connectivity index (χ0v) is 9.40. The van der Waals surface area contributed by atoms with Gasteiger partial charge >= 0.3 is 0 Å². The SMILES string of the molecule is Cc1ccc(-c2cncc(CCl)c2)s1. The third-order valence-corrected chi connectivity index (χ3v) is 3.33. The Balaban J connectivity index is 2.41. The molecule has 0 aliphatic carbocycles. The molecule has 0 saturated heterocycles. The van der Waals surface area contributed by atoms with Crippen LogP contribution in [0.4, 0.5) is 0 Å². The van der Waals surface area contributed by atoms with Gasteiger partial charge in [0.05, 0.1) is 0 Å². The van der Waals surface area contributed by atoms with Crippen LogP contribution < -0.4 is 0 Å². The molecule has 0 fully saturated rings. The molecular weight excluding hydrogens is 214 g/mol. The van der Waals surface area contributed by atoms with Crippen LogP contribution >= 0.6 is 22.9 Å². The third-order valence-electron chi connectivity index (χ3n) is 1.97. The second-order valence-corrected chi connectivity index (χ2v) is 4.68. The van der Waals surface area contributed by atoms with Crippen molar-refractivity contribution in [3.63, 3.8) is 0 Å². The van der Waals surface area contributed by atoms with Crippen LogP contribution in [0.3, 0.4) is 0 Å². The molecule has 2 aromatic heterocycles. The Hall–Kier alpha value is -0.860. The maximum absolute atomic E-state index is 5.75. The van der Waals surface area contributed by atoms with Crippen LogP contribution in [0.15, 0.2) is 30.6 Å². The lowest BCUT2D eigenvalue weighted by Gasteiger charge is -1.98. The van der Waals surface area contributed by atoms with Crippen LogP contribution in [0, 0.1) is 6.92 Å². The van der Waals surface area contributed by atoms with Gasteiger partial charge in [-0.15, -0.1) is 22.9 Å². The fourth-order valence-corrected chi connectivity index (χ4v) is 2.28. The highest BCUT2D eigenvalue weighted by atomic mass is 35.5. The van der Waals surface area contributed by atoms with E-state index in [1.54, 1.807) is 17.5 Å². The Kier molecular flexibility index (Phi) is 2.85. The van der Waals surface area contributed by atoms with Gasteiger partial charge in [-0.2, -0.15) is 0 Å². The molecule has 0 saturated carbocycles. The Morgan fingerprint density at radius 3 is 2.86 bits per heavy atom. The number of rotatable bonds is 2. The lowest BCUT2D eigenvalue weighted by atomic mass is 10.2. The molecule has 0 aliphatic rings. The molecule has 72 valence electrons. The predicted octanol–water partition coefficient (Wildman–Crippen LogP) is 3.86. The van der Waals surface area contributed by atoms with Crippen molar-refractivity contribution in [2.75, 3.05) is 0 Å². The van der Waals surface area contributed by atoms with Gasteiger partial charge in [-0.25, -0.2) is 0 Å². The van der Waals surface area contributed by atoms with E-state index in [1.807, 2.05) is 6.20 Å². The molecule has 2 aromatic rings. The number of pyridine rings is 1. The van der Waals surface area contributed by atoms with Crippen molar-refractivity contribution in [1.29, 1.82) is 0 Å². The minimum atomic E-state index is 0.519. The largest absolute Gasteiger partial charge is 0.264 e. The van der Waals surface area contributed by atoms with E-state index in [0.717, 1.165) is 11.1 Å². The molecule has 0 spiro atoms. The number of hydrogen-bond donors (Lipinski definition) is 0. The minimum Gasteiger partial charge on any atom is -0.264 e. The summed E-state index contributed by atoms with van der Waals surface area (Å²) in [6, 6.07) is 6.33. The van der Waals surface area contributed by atoms with Gasteiger partial charge in [0.15, 0.2) is 0 Å². The fourth-order valence-electron chi connectivity index (χ4n) is 1.29. The molecular formula is C11H10ClNS. The first-order valence-electron chi connectivity index (χ1n) is 4.36. The average molecular weight is 224 g/mol. The Bertz CT molecular complexity index is 436. The van der Waals surface area contributed by atoms with Crippen molar-refractivity contribution in [2.45, 2.75) is 12.8 Å². The molecule has 14 heavy (non-hydrogen) atoms. The van der Waals surface area contributed by atoms with Gasteiger partial charge in [0, 0.05) is 33.6 Å². The summed E-state index contributed by atoms with van der Waals surface area (Å²) >= 11 is 7.53. The smallest absolute Gasteiger partial charge is 0.0489 e. The first kappa shape index (κ1) is 9.69. The molecule has 0 atom stereocenters. The second-order valence-electron chi connectivity index (χ2n) is 3.13. The van der Waals surface area contributed by atoms with E-state index in [4.69, 9.17) is 11.6 Å². The number of aromatic nitrogens is 1. The number of thiophene rings is 1. The van der Waals surface area contributed by atoms with Crippen molar-refractivity contribution in [3.8, 4) is 10.4 Å². The van der Waals surface area contributed by atoms with E-state index in [2.05, 4.69) is 30.1 Å². The Morgan fingerprint density at radius 2 is 2.21 bits per heavy atom. The van der Waals surface area contributed by atoms with Crippen molar-refractivity contribution in [1.82, 2.24) is 4.98 Å². The maximum Gasteiger partial charge on any atom is 0.0489 e. The fraction of sp³-hybridized carbons (Fsp3) is 0.182. The van der Waals surface area contributed by atoms with Gasteiger partial charge in [0.25, 0.3) is 0 Å². The van der Waals surface area contributed by atoms with Crippen LogP contribution in [0.2, 0.25) is 0 Å². The van der Waals surface area contributed by atoms with E-state index < -0.39 is 0 Å². The van der Waals surface area contributed by atoms with Gasteiger partial charge in [0.2, 0.25) is 0 Å². The summed E-state index contributed by atoms with van der Waals surface area (Å²) in [7, 11) is 0. The minimum absolute atomic E-state index is 0.519. The van der Waals surface area contributed by atoms with Crippen LogP contribution in [0.1, 0.15) is 10.4 Å². The summed E-state index contributed by atoms with van der Waals surface area (Å²) in [6.45, 7) is 2.10. The van der Waals surface area contributed by atoms with E-state index in [1.165, 1.54) is 9.75 Å². The van der Waals surface area contributed by atoms with Gasteiger partial charge in [-0.3, -0.25) is 4.98 Å². The summed E-state index contributed by atoms with van der Waals surface area (Å²) in [5.74, 6) is 0.519. The number of halogens is 1. The zero-order chi connectivity index (χ0) is 9.97. The topological polar surface area (TPSA) is 12.9 Å². The van der Waals surface area contributed by atoms with Crippen molar-refractivity contribution >= 4 is 22.9 Å². The third kappa shape index (κ3) is 1.97. The predicted molar refractivity (Wildman–Crippen MR) is 61.8 cm³/mol. The maximum atomic E-state index is 5.75. The van der Waals surface area contributed by atoms with E-state index >= 15 is 0 Å². The number of aryl methyl sites for hydroxylation is 1. The van der Waals surface area contributed by atoms with Crippen molar-refractivity contribution < 1.29 is 0 Å². The highest BCUT2D eigenvalue weighted by molar-refractivity contribution is 7.15. The molecule has 0 amide bonds.